The quantitative estimate of drug-likeness (QED) is 0.939. The Bertz CT molecular complexity index is 714. The number of imidazole rings is 1. The molecule has 1 aromatic heterocycles. The molecule has 0 atom stereocenters. The molecule has 1 fully saturated rings. The van der Waals surface area contributed by atoms with Gasteiger partial charge in [0, 0.05) is 37.1 Å². The summed E-state index contributed by atoms with van der Waals surface area (Å²) >= 11 is 0. The maximum atomic E-state index is 12.3. The molecule has 3 rings (SSSR count). The van der Waals surface area contributed by atoms with E-state index in [9.17, 15) is 4.79 Å². The van der Waals surface area contributed by atoms with Crippen LogP contribution in [0.4, 0.5) is 10.5 Å². The predicted octanol–water partition coefficient (Wildman–Crippen LogP) is 3.71. The number of nitrogens with one attached hydrogen (secondary N) is 1. The average molecular weight is 312 g/mol. The van der Waals surface area contributed by atoms with Crippen molar-refractivity contribution in [2.45, 2.75) is 39.7 Å². The summed E-state index contributed by atoms with van der Waals surface area (Å²) in [6.45, 7) is 9.86. The molecule has 23 heavy (non-hydrogen) atoms. The Morgan fingerprint density at radius 1 is 1.26 bits per heavy atom. The van der Waals surface area contributed by atoms with E-state index in [1.165, 1.54) is 11.1 Å². The van der Waals surface area contributed by atoms with Crippen molar-refractivity contribution < 1.29 is 4.79 Å². The van der Waals surface area contributed by atoms with Crippen LogP contribution in [0.15, 0.2) is 30.6 Å². The molecule has 2 aromatic rings. The lowest BCUT2D eigenvalue weighted by Gasteiger charge is -2.40. The fraction of sp³-hybridized carbons (Fsp3) is 0.444. The van der Waals surface area contributed by atoms with E-state index >= 15 is 0 Å². The third-order valence-corrected chi connectivity index (χ3v) is 4.52. The van der Waals surface area contributed by atoms with Crippen molar-refractivity contribution in [1.29, 1.82) is 0 Å². The van der Waals surface area contributed by atoms with Gasteiger partial charge in [0.2, 0.25) is 0 Å². The predicted molar refractivity (Wildman–Crippen MR) is 91.9 cm³/mol. The number of carbonyl (C=O) groups is 1. The molecular formula is C18H24N4O. The fourth-order valence-electron chi connectivity index (χ4n) is 2.90. The number of rotatable bonds is 3. The smallest absolute Gasteiger partial charge is 0.321 e. The second-order valence-corrected chi connectivity index (χ2v) is 6.64. The molecule has 0 saturated carbocycles. The number of likely N-dealkylation sites (tertiary alicyclic amines) is 1. The Balaban J connectivity index is 1.59. The van der Waals surface area contributed by atoms with Crippen LogP contribution in [-0.4, -0.2) is 33.6 Å². The normalized spacial score (nSPS) is 14.9. The summed E-state index contributed by atoms with van der Waals surface area (Å²) in [6.07, 6.45) is 3.85. The van der Waals surface area contributed by atoms with Gasteiger partial charge in [-0.2, -0.15) is 0 Å². The molecule has 0 bridgehead atoms. The topological polar surface area (TPSA) is 50.2 Å². The first kappa shape index (κ1) is 15.6. The fourth-order valence-corrected chi connectivity index (χ4v) is 2.90. The van der Waals surface area contributed by atoms with Crippen molar-refractivity contribution in [2.24, 2.45) is 0 Å². The highest BCUT2D eigenvalue weighted by atomic mass is 16.2. The Morgan fingerprint density at radius 3 is 2.65 bits per heavy atom. The van der Waals surface area contributed by atoms with Crippen LogP contribution in [0.1, 0.15) is 42.8 Å². The number of carbonyl (C=O) groups excluding carboxylic acids is 1. The monoisotopic (exact) mass is 312 g/mol. The lowest BCUT2D eigenvalue weighted by Crippen LogP contribution is -2.52. The van der Waals surface area contributed by atoms with E-state index in [-0.39, 0.29) is 6.03 Å². The number of hydrogen-bond acceptors (Lipinski definition) is 2. The molecule has 1 N–H and O–H groups in total. The minimum absolute atomic E-state index is 0.0317. The van der Waals surface area contributed by atoms with Gasteiger partial charge in [0.15, 0.2) is 0 Å². The molecule has 122 valence electrons. The molecule has 0 aliphatic carbocycles. The maximum Gasteiger partial charge on any atom is 0.321 e. The molecule has 2 amide bonds. The molecule has 0 radical (unpaired) electrons. The number of urea groups is 1. The number of hydrogen-bond donors (Lipinski definition) is 1. The standard InChI is InChI=1S/C18H24N4O/c1-12(2)17-19-7-8-22(17)16-10-21(11-16)18(23)20-15-6-5-13(3)14(4)9-15/h5-9,12,16H,10-11H2,1-4H3,(H,20,23). The number of aryl methyl sites for hydroxylation is 2. The van der Waals surface area contributed by atoms with E-state index in [0.29, 0.717) is 12.0 Å². The second kappa shape index (κ2) is 6.07. The van der Waals surface area contributed by atoms with E-state index in [1.54, 1.807) is 0 Å². The number of anilines is 1. The molecule has 5 nitrogen and oxygen atoms in total. The largest absolute Gasteiger partial charge is 0.328 e. The van der Waals surface area contributed by atoms with Gasteiger partial charge in [-0.1, -0.05) is 19.9 Å². The summed E-state index contributed by atoms with van der Waals surface area (Å²) in [7, 11) is 0. The van der Waals surface area contributed by atoms with Crippen molar-refractivity contribution in [3.05, 3.63) is 47.5 Å². The van der Waals surface area contributed by atoms with Crippen LogP contribution in [0.25, 0.3) is 0 Å². The maximum absolute atomic E-state index is 12.3. The number of benzene rings is 1. The van der Waals surface area contributed by atoms with Gasteiger partial charge < -0.3 is 14.8 Å². The molecule has 0 unspecified atom stereocenters. The summed E-state index contributed by atoms with van der Waals surface area (Å²) < 4.78 is 2.20. The van der Waals surface area contributed by atoms with Crippen molar-refractivity contribution in [2.75, 3.05) is 18.4 Å². The summed E-state index contributed by atoms with van der Waals surface area (Å²) in [6, 6.07) is 6.29. The molecular weight excluding hydrogens is 288 g/mol. The average Bonchev–Trinajstić information content (AvgIpc) is 2.90. The van der Waals surface area contributed by atoms with E-state index in [1.807, 2.05) is 35.5 Å². The zero-order chi connectivity index (χ0) is 16.6. The molecule has 1 aliphatic rings. The molecule has 0 spiro atoms. The van der Waals surface area contributed by atoms with Gasteiger partial charge in [0.1, 0.15) is 5.82 Å². The van der Waals surface area contributed by atoms with Crippen LogP contribution in [0, 0.1) is 13.8 Å². The van der Waals surface area contributed by atoms with E-state index in [2.05, 4.69) is 42.6 Å². The van der Waals surface area contributed by atoms with Gasteiger partial charge in [-0.3, -0.25) is 0 Å². The Kier molecular flexibility index (Phi) is 4.11. The van der Waals surface area contributed by atoms with Crippen molar-refractivity contribution in [3.8, 4) is 0 Å². The second-order valence-electron chi connectivity index (χ2n) is 6.64. The van der Waals surface area contributed by atoms with Gasteiger partial charge in [0.05, 0.1) is 6.04 Å². The highest BCUT2D eigenvalue weighted by Crippen LogP contribution is 2.26. The first-order valence-corrected chi connectivity index (χ1v) is 8.11. The Morgan fingerprint density at radius 2 is 2.00 bits per heavy atom. The van der Waals surface area contributed by atoms with Crippen LogP contribution in [0.3, 0.4) is 0 Å². The molecule has 1 saturated heterocycles. The number of aromatic nitrogens is 2. The summed E-state index contributed by atoms with van der Waals surface area (Å²) in [5.74, 6) is 1.48. The third kappa shape index (κ3) is 3.09. The minimum atomic E-state index is -0.0317. The van der Waals surface area contributed by atoms with Crippen LogP contribution in [0.2, 0.25) is 0 Å². The zero-order valence-electron chi connectivity index (χ0n) is 14.2. The van der Waals surface area contributed by atoms with E-state index < -0.39 is 0 Å². The first-order chi connectivity index (χ1) is 11.0. The van der Waals surface area contributed by atoms with Gasteiger partial charge in [-0.15, -0.1) is 0 Å². The highest BCUT2D eigenvalue weighted by Gasteiger charge is 2.33. The van der Waals surface area contributed by atoms with Gasteiger partial charge in [0.25, 0.3) is 0 Å². The molecule has 1 aromatic carbocycles. The third-order valence-electron chi connectivity index (χ3n) is 4.52. The van der Waals surface area contributed by atoms with Crippen molar-refractivity contribution in [1.82, 2.24) is 14.5 Å². The minimum Gasteiger partial charge on any atom is -0.328 e. The van der Waals surface area contributed by atoms with Crippen molar-refractivity contribution in [3.63, 3.8) is 0 Å². The SMILES string of the molecule is Cc1ccc(NC(=O)N2CC(n3ccnc3C(C)C)C2)cc1C. The number of nitrogens with zero attached hydrogens (tertiary/aromatic N) is 3. The van der Waals surface area contributed by atoms with Crippen LogP contribution >= 0.6 is 0 Å². The lowest BCUT2D eigenvalue weighted by atomic mass is 10.1. The van der Waals surface area contributed by atoms with Crippen LogP contribution in [-0.2, 0) is 0 Å². The summed E-state index contributed by atoms with van der Waals surface area (Å²) in [5, 5.41) is 2.98. The van der Waals surface area contributed by atoms with E-state index in [0.717, 1.165) is 24.6 Å². The van der Waals surface area contributed by atoms with Crippen LogP contribution < -0.4 is 5.32 Å². The summed E-state index contributed by atoms with van der Waals surface area (Å²) in [4.78, 5) is 18.6. The van der Waals surface area contributed by atoms with Gasteiger partial charge in [-0.05, 0) is 37.1 Å². The van der Waals surface area contributed by atoms with Gasteiger partial charge in [-0.25, -0.2) is 9.78 Å². The zero-order valence-corrected chi connectivity index (χ0v) is 14.2. The van der Waals surface area contributed by atoms with Crippen LogP contribution in [0.5, 0.6) is 0 Å². The number of amides is 2. The van der Waals surface area contributed by atoms with Gasteiger partial charge >= 0.3 is 6.03 Å². The van der Waals surface area contributed by atoms with E-state index in [4.69, 9.17) is 0 Å². The Labute approximate surface area is 137 Å². The molecule has 1 aliphatic heterocycles. The lowest BCUT2D eigenvalue weighted by molar-refractivity contribution is 0.133. The molecule has 2 heterocycles. The highest BCUT2D eigenvalue weighted by molar-refractivity contribution is 5.90. The Hall–Kier alpha value is -2.30. The van der Waals surface area contributed by atoms with Crippen molar-refractivity contribution >= 4 is 11.7 Å². The first-order valence-electron chi connectivity index (χ1n) is 8.11. The summed E-state index contributed by atoms with van der Waals surface area (Å²) in [5.41, 5.74) is 3.27. The molecule has 5 heteroatoms.